The predicted octanol–water partition coefficient (Wildman–Crippen LogP) is 1.57. The maximum Gasteiger partial charge on any atom is 0.222 e. The molecule has 0 aliphatic carbocycles. The summed E-state index contributed by atoms with van der Waals surface area (Å²) in [6.45, 7) is 6.80. The zero-order valence-electron chi connectivity index (χ0n) is 17.0. The molecule has 1 aliphatic rings. The molecule has 7 nitrogen and oxygen atoms in total. The molecule has 0 aromatic heterocycles. The number of carbonyl (C=O) groups is 3. The van der Waals surface area contributed by atoms with Crippen LogP contribution in [0.25, 0.3) is 0 Å². The Morgan fingerprint density at radius 2 is 1.37 bits per heavy atom. The molecule has 1 saturated heterocycles. The number of rotatable bonds is 14. The fraction of sp³-hybridized carbons (Fsp3) is 0.850. The lowest BCUT2D eigenvalue weighted by Crippen LogP contribution is -2.46. The standard InChI is InChI=1S/C20H38N4O3/c1-2-3-6-12-22-18(25)9-5-4-7-13-23-19(26)10-8-11-20(27)24-16-14-21-15-17-24/h21H,2-17H2,1H3,(H,22,25)(H,23,26). The summed E-state index contributed by atoms with van der Waals surface area (Å²) in [5.74, 6) is 0.290. The molecule has 156 valence electrons. The molecule has 3 amide bonds. The van der Waals surface area contributed by atoms with Crippen LogP contribution >= 0.6 is 0 Å². The smallest absolute Gasteiger partial charge is 0.222 e. The van der Waals surface area contributed by atoms with Crippen LogP contribution in [0.2, 0.25) is 0 Å². The minimum atomic E-state index is 0.0109. The molecule has 0 aromatic carbocycles. The van der Waals surface area contributed by atoms with Gasteiger partial charge in [-0.1, -0.05) is 26.2 Å². The fourth-order valence-corrected chi connectivity index (χ4v) is 3.07. The second-order valence-corrected chi connectivity index (χ2v) is 7.20. The first-order valence-corrected chi connectivity index (χ1v) is 10.7. The summed E-state index contributed by atoms with van der Waals surface area (Å²) < 4.78 is 0. The molecule has 1 aliphatic heterocycles. The highest BCUT2D eigenvalue weighted by Gasteiger charge is 2.15. The second-order valence-electron chi connectivity index (χ2n) is 7.20. The van der Waals surface area contributed by atoms with Crippen molar-refractivity contribution in [1.29, 1.82) is 0 Å². The highest BCUT2D eigenvalue weighted by molar-refractivity contribution is 5.79. The van der Waals surface area contributed by atoms with E-state index in [2.05, 4.69) is 22.9 Å². The van der Waals surface area contributed by atoms with Gasteiger partial charge in [0.05, 0.1) is 0 Å². The van der Waals surface area contributed by atoms with Crippen LogP contribution in [0.15, 0.2) is 0 Å². The number of unbranched alkanes of at least 4 members (excludes halogenated alkanes) is 4. The number of carbonyl (C=O) groups excluding carboxylic acids is 3. The molecule has 1 rings (SSSR count). The van der Waals surface area contributed by atoms with E-state index in [9.17, 15) is 14.4 Å². The van der Waals surface area contributed by atoms with E-state index in [1.165, 1.54) is 0 Å². The molecule has 27 heavy (non-hydrogen) atoms. The molecule has 7 heteroatoms. The summed E-state index contributed by atoms with van der Waals surface area (Å²) in [4.78, 5) is 37.3. The molecular formula is C20H38N4O3. The second kappa shape index (κ2) is 15.4. The highest BCUT2D eigenvalue weighted by Crippen LogP contribution is 2.03. The van der Waals surface area contributed by atoms with Gasteiger partial charge in [0.15, 0.2) is 0 Å². The Hall–Kier alpha value is -1.63. The predicted molar refractivity (Wildman–Crippen MR) is 107 cm³/mol. The van der Waals surface area contributed by atoms with Crippen molar-refractivity contribution in [3.05, 3.63) is 0 Å². The van der Waals surface area contributed by atoms with Crippen LogP contribution in [0.3, 0.4) is 0 Å². The van der Waals surface area contributed by atoms with Crippen molar-refractivity contribution in [3.8, 4) is 0 Å². The minimum Gasteiger partial charge on any atom is -0.356 e. The summed E-state index contributed by atoms with van der Waals surface area (Å²) in [5.41, 5.74) is 0. The molecular weight excluding hydrogens is 344 g/mol. The Balaban J connectivity index is 1.90. The van der Waals surface area contributed by atoms with Gasteiger partial charge in [-0.05, 0) is 25.7 Å². The minimum absolute atomic E-state index is 0.0109. The van der Waals surface area contributed by atoms with Gasteiger partial charge in [0, 0.05) is 58.5 Å². The third kappa shape index (κ3) is 12.4. The van der Waals surface area contributed by atoms with E-state index in [-0.39, 0.29) is 17.7 Å². The summed E-state index contributed by atoms with van der Waals surface area (Å²) in [7, 11) is 0. The Kier molecular flexibility index (Phi) is 13.4. The van der Waals surface area contributed by atoms with E-state index < -0.39 is 0 Å². The zero-order chi connectivity index (χ0) is 19.7. The molecule has 3 N–H and O–H groups in total. The van der Waals surface area contributed by atoms with Crippen LogP contribution in [0.5, 0.6) is 0 Å². The van der Waals surface area contributed by atoms with Crippen molar-refractivity contribution < 1.29 is 14.4 Å². The van der Waals surface area contributed by atoms with E-state index in [1.54, 1.807) is 0 Å². The third-order valence-electron chi connectivity index (χ3n) is 4.77. The number of hydrogen-bond donors (Lipinski definition) is 3. The highest BCUT2D eigenvalue weighted by atomic mass is 16.2. The first-order valence-electron chi connectivity index (χ1n) is 10.7. The van der Waals surface area contributed by atoms with Crippen LogP contribution in [0, 0.1) is 0 Å². The molecule has 0 aromatic rings. The summed E-state index contributed by atoms with van der Waals surface area (Å²) >= 11 is 0. The summed E-state index contributed by atoms with van der Waals surface area (Å²) in [6.07, 6.45) is 8.06. The number of nitrogens with zero attached hydrogens (tertiary/aromatic N) is 1. The van der Waals surface area contributed by atoms with Gasteiger partial charge in [-0.25, -0.2) is 0 Å². The first-order chi connectivity index (χ1) is 13.1. The SMILES string of the molecule is CCCCCNC(=O)CCCCCNC(=O)CCCC(=O)N1CCNCC1. The monoisotopic (exact) mass is 382 g/mol. The average Bonchev–Trinajstić information content (AvgIpc) is 2.68. The average molecular weight is 383 g/mol. The molecule has 0 spiro atoms. The fourth-order valence-electron chi connectivity index (χ4n) is 3.07. The largest absolute Gasteiger partial charge is 0.356 e. The van der Waals surface area contributed by atoms with Crippen molar-refractivity contribution in [2.75, 3.05) is 39.3 Å². The van der Waals surface area contributed by atoms with Gasteiger partial charge < -0.3 is 20.9 Å². The number of piperazine rings is 1. The van der Waals surface area contributed by atoms with E-state index in [0.717, 1.165) is 71.2 Å². The molecule has 0 atom stereocenters. The van der Waals surface area contributed by atoms with E-state index >= 15 is 0 Å². The maximum absolute atomic E-state index is 12.0. The third-order valence-corrected chi connectivity index (χ3v) is 4.77. The van der Waals surface area contributed by atoms with Crippen molar-refractivity contribution in [3.63, 3.8) is 0 Å². The van der Waals surface area contributed by atoms with Gasteiger partial charge in [-0.3, -0.25) is 14.4 Å². The van der Waals surface area contributed by atoms with Gasteiger partial charge in [-0.2, -0.15) is 0 Å². The maximum atomic E-state index is 12.0. The molecule has 1 fully saturated rings. The lowest BCUT2D eigenvalue weighted by molar-refractivity contribution is -0.132. The zero-order valence-corrected chi connectivity index (χ0v) is 17.0. The molecule has 0 radical (unpaired) electrons. The topological polar surface area (TPSA) is 90.5 Å². The van der Waals surface area contributed by atoms with Crippen molar-refractivity contribution >= 4 is 17.7 Å². The Bertz CT molecular complexity index is 437. The van der Waals surface area contributed by atoms with Gasteiger partial charge in [-0.15, -0.1) is 0 Å². The van der Waals surface area contributed by atoms with E-state index in [4.69, 9.17) is 0 Å². The number of amides is 3. The number of nitrogens with one attached hydrogen (secondary N) is 3. The molecule has 0 unspecified atom stereocenters. The van der Waals surface area contributed by atoms with E-state index in [0.29, 0.717) is 32.2 Å². The van der Waals surface area contributed by atoms with Crippen LogP contribution in [0.1, 0.15) is 71.1 Å². The summed E-state index contributed by atoms with van der Waals surface area (Å²) in [6, 6.07) is 0. The summed E-state index contributed by atoms with van der Waals surface area (Å²) in [5, 5.41) is 9.06. The van der Waals surface area contributed by atoms with Crippen LogP contribution in [-0.2, 0) is 14.4 Å². The first kappa shape index (κ1) is 23.4. The van der Waals surface area contributed by atoms with Crippen molar-refractivity contribution in [2.45, 2.75) is 71.1 Å². The van der Waals surface area contributed by atoms with E-state index in [1.807, 2.05) is 4.90 Å². The van der Waals surface area contributed by atoms with Crippen LogP contribution in [-0.4, -0.2) is 61.9 Å². The Labute approximate surface area is 164 Å². The van der Waals surface area contributed by atoms with Gasteiger partial charge in [0.25, 0.3) is 0 Å². The molecule has 0 bridgehead atoms. The molecule has 1 heterocycles. The van der Waals surface area contributed by atoms with Crippen LogP contribution < -0.4 is 16.0 Å². The van der Waals surface area contributed by atoms with Gasteiger partial charge in [0.1, 0.15) is 0 Å². The lowest BCUT2D eigenvalue weighted by Gasteiger charge is -2.27. The molecule has 0 saturated carbocycles. The normalized spacial score (nSPS) is 14.0. The Morgan fingerprint density at radius 1 is 0.778 bits per heavy atom. The lowest BCUT2D eigenvalue weighted by atomic mass is 10.1. The van der Waals surface area contributed by atoms with Crippen molar-refractivity contribution in [2.24, 2.45) is 0 Å². The van der Waals surface area contributed by atoms with Crippen molar-refractivity contribution in [1.82, 2.24) is 20.9 Å². The van der Waals surface area contributed by atoms with Crippen LogP contribution in [0.4, 0.5) is 0 Å². The quantitative estimate of drug-likeness (QED) is 0.398. The van der Waals surface area contributed by atoms with Gasteiger partial charge in [0.2, 0.25) is 17.7 Å². The Morgan fingerprint density at radius 3 is 2.00 bits per heavy atom. The van der Waals surface area contributed by atoms with Gasteiger partial charge >= 0.3 is 0 Å². The number of hydrogen-bond acceptors (Lipinski definition) is 4.